The Hall–Kier alpha value is -0.590. The summed E-state index contributed by atoms with van der Waals surface area (Å²) in [4.78, 5) is 2.44. The van der Waals surface area contributed by atoms with Crippen LogP contribution in [0.4, 0.5) is 5.69 Å². The van der Waals surface area contributed by atoms with Crippen LogP contribution in [-0.2, 0) is 9.84 Å². The maximum atomic E-state index is 12.0. The Morgan fingerprint density at radius 2 is 2.24 bits per heavy atom. The van der Waals surface area contributed by atoms with Crippen molar-refractivity contribution >= 4 is 31.5 Å². The Morgan fingerprint density at radius 3 is 2.88 bits per heavy atom. The molecule has 1 aromatic carbocycles. The van der Waals surface area contributed by atoms with Gasteiger partial charge in [0.05, 0.1) is 16.3 Å². The van der Waals surface area contributed by atoms with E-state index in [-0.39, 0.29) is 11.8 Å². The lowest BCUT2D eigenvalue weighted by Gasteiger charge is -2.32. The highest BCUT2D eigenvalue weighted by atomic mass is 79.9. The number of benzene rings is 1. The molecule has 0 aliphatic carbocycles. The van der Waals surface area contributed by atoms with Gasteiger partial charge < -0.3 is 10.6 Å². The minimum atomic E-state index is -3.15. The Bertz CT molecular complexity index is 528. The van der Waals surface area contributed by atoms with E-state index < -0.39 is 9.84 Å². The summed E-state index contributed by atoms with van der Waals surface area (Å²) in [5, 5.41) is 0. The molecule has 1 aromatic rings. The van der Waals surface area contributed by atoms with Crippen LogP contribution in [0.5, 0.6) is 0 Å². The summed E-state index contributed by atoms with van der Waals surface area (Å²) in [7, 11) is -3.15. The highest BCUT2D eigenvalue weighted by Crippen LogP contribution is 2.32. The van der Waals surface area contributed by atoms with Crippen LogP contribution in [-0.4, -0.2) is 33.3 Å². The smallest absolute Gasteiger partial charge is 0.182 e. The van der Waals surface area contributed by atoms with Crippen molar-refractivity contribution in [3.8, 4) is 0 Å². The third kappa shape index (κ3) is 2.64. The average Bonchev–Trinajstić information content (AvgIpc) is 2.22. The Morgan fingerprint density at radius 1 is 1.53 bits per heavy atom. The van der Waals surface area contributed by atoms with E-state index in [9.17, 15) is 8.42 Å². The molecule has 0 fully saturated rings. The van der Waals surface area contributed by atoms with Crippen molar-refractivity contribution in [3.63, 3.8) is 0 Å². The van der Waals surface area contributed by atoms with Gasteiger partial charge in [0, 0.05) is 23.6 Å². The summed E-state index contributed by atoms with van der Waals surface area (Å²) in [6.45, 7) is 3.10. The van der Waals surface area contributed by atoms with Crippen molar-refractivity contribution in [2.24, 2.45) is 5.73 Å². The van der Waals surface area contributed by atoms with Crippen molar-refractivity contribution in [2.45, 2.75) is 17.9 Å². The second-order valence-corrected chi connectivity index (χ2v) is 7.35. The SMILES string of the molecule is CC(N)CN1CCS(=O)(=O)c2cc(Br)ccc21. The summed E-state index contributed by atoms with van der Waals surface area (Å²) >= 11 is 3.31. The molecule has 4 nitrogen and oxygen atoms in total. The highest BCUT2D eigenvalue weighted by Gasteiger charge is 2.28. The number of halogens is 1. The molecule has 94 valence electrons. The van der Waals surface area contributed by atoms with E-state index >= 15 is 0 Å². The van der Waals surface area contributed by atoms with Gasteiger partial charge >= 0.3 is 0 Å². The lowest BCUT2D eigenvalue weighted by molar-refractivity contribution is 0.585. The van der Waals surface area contributed by atoms with E-state index in [1.54, 1.807) is 6.07 Å². The molecule has 2 N–H and O–H groups in total. The average molecular weight is 319 g/mol. The van der Waals surface area contributed by atoms with Crippen molar-refractivity contribution in [3.05, 3.63) is 22.7 Å². The molecule has 1 heterocycles. The van der Waals surface area contributed by atoms with Gasteiger partial charge in [-0.3, -0.25) is 0 Å². The van der Waals surface area contributed by atoms with Crippen LogP contribution in [0.3, 0.4) is 0 Å². The Kier molecular flexibility index (Phi) is 3.47. The molecule has 6 heteroatoms. The minimum absolute atomic E-state index is 0.0206. The molecule has 1 atom stereocenters. The molecule has 0 saturated carbocycles. The van der Waals surface area contributed by atoms with Gasteiger partial charge in [0.15, 0.2) is 9.84 Å². The molecule has 1 aliphatic heterocycles. The molecule has 0 amide bonds. The molecular weight excluding hydrogens is 304 g/mol. The fourth-order valence-corrected chi connectivity index (χ4v) is 4.01. The largest absolute Gasteiger partial charge is 0.368 e. The van der Waals surface area contributed by atoms with Gasteiger partial charge in [-0.05, 0) is 25.1 Å². The highest BCUT2D eigenvalue weighted by molar-refractivity contribution is 9.10. The number of hydrogen-bond acceptors (Lipinski definition) is 4. The number of sulfone groups is 1. The first-order chi connectivity index (χ1) is 7.90. The van der Waals surface area contributed by atoms with Crippen LogP contribution < -0.4 is 10.6 Å². The number of fused-ring (bicyclic) bond motifs is 1. The van der Waals surface area contributed by atoms with Gasteiger partial charge in [0.1, 0.15) is 0 Å². The van der Waals surface area contributed by atoms with Crippen molar-refractivity contribution in [1.29, 1.82) is 0 Å². The van der Waals surface area contributed by atoms with Gasteiger partial charge in [0.25, 0.3) is 0 Å². The minimum Gasteiger partial charge on any atom is -0.368 e. The van der Waals surface area contributed by atoms with Crippen molar-refractivity contribution in [1.82, 2.24) is 0 Å². The first kappa shape index (κ1) is 12.9. The number of nitrogens with zero attached hydrogens (tertiary/aromatic N) is 1. The molecular formula is C11H15BrN2O2S. The molecule has 1 unspecified atom stereocenters. The van der Waals surface area contributed by atoms with E-state index in [1.165, 1.54) is 0 Å². The molecule has 2 rings (SSSR count). The zero-order chi connectivity index (χ0) is 12.6. The van der Waals surface area contributed by atoms with Gasteiger partial charge in [-0.1, -0.05) is 15.9 Å². The molecule has 0 spiro atoms. The van der Waals surface area contributed by atoms with Crippen molar-refractivity contribution < 1.29 is 8.42 Å². The van der Waals surface area contributed by atoms with Crippen LogP contribution in [0.25, 0.3) is 0 Å². The first-order valence-corrected chi connectivity index (χ1v) is 7.87. The van der Waals surface area contributed by atoms with Crippen LogP contribution in [0.1, 0.15) is 6.92 Å². The Balaban J connectivity index is 2.48. The fraction of sp³-hybridized carbons (Fsp3) is 0.455. The number of nitrogens with two attached hydrogens (primary N) is 1. The van der Waals surface area contributed by atoms with Crippen LogP contribution >= 0.6 is 15.9 Å². The maximum absolute atomic E-state index is 12.0. The van der Waals surface area contributed by atoms with Crippen LogP contribution in [0, 0.1) is 0 Å². The lowest BCUT2D eigenvalue weighted by Crippen LogP contribution is -2.41. The topological polar surface area (TPSA) is 63.4 Å². The predicted octanol–water partition coefficient (Wildman–Crippen LogP) is 1.39. The number of rotatable bonds is 2. The van der Waals surface area contributed by atoms with Crippen molar-refractivity contribution in [2.75, 3.05) is 23.7 Å². The quantitative estimate of drug-likeness (QED) is 0.895. The molecule has 0 radical (unpaired) electrons. The molecule has 17 heavy (non-hydrogen) atoms. The normalized spacial score (nSPS) is 19.8. The summed E-state index contributed by atoms with van der Waals surface area (Å²) < 4.78 is 24.7. The third-order valence-corrected chi connectivity index (χ3v) is 4.95. The maximum Gasteiger partial charge on any atom is 0.182 e. The second-order valence-electron chi connectivity index (χ2n) is 4.35. The predicted molar refractivity (Wildman–Crippen MR) is 72.1 cm³/mol. The van der Waals surface area contributed by atoms with Crippen LogP contribution in [0.2, 0.25) is 0 Å². The third-order valence-electron chi connectivity index (χ3n) is 2.74. The van der Waals surface area contributed by atoms with E-state index in [0.29, 0.717) is 18.0 Å². The summed E-state index contributed by atoms with van der Waals surface area (Å²) in [5.41, 5.74) is 6.54. The number of hydrogen-bond donors (Lipinski definition) is 1. The number of anilines is 1. The van der Waals surface area contributed by atoms with Gasteiger partial charge in [-0.15, -0.1) is 0 Å². The first-order valence-electron chi connectivity index (χ1n) is 5.43. The summed E-state index contributed by atoms with van der Waals surface area (Å²) in [5.74, 6) is 0.156. The second kappa shape index (κ2) is 4.59. The van der Waals surface area contributed by atoms with E-state index in [2.05, 4.69) is 15.9 Å². The van der Waals surface area contributed by atoms with Crippen LogP contribution in [0.15, 0.2) is 27.6 Å². The van der Waals surface area contributed by atoms with E-state index in [1.807, 2.05) is 24.0 Å². The summed E-state index contributed by atoms with van der Waals surface area (Å²) in [6.07, 6.45) is 0. The monoisotopic (exact) mass is 318 g/mol. The van der Waals surface area contributed by atoms with Gasteiger partial charge in [-0.2, -0.15) is 0 Å². The summed E-state index contributed by atoms with van der Waals surface area (Å²) in [6, 6.07) is 5.37. The van der Waals surface area contributed by atoms with E-state index in [4.69, 9.17) is 5.73 Å². The lowest BCUT2D eigenvalue weighted by atomic mass is 10.2. The molecule has 0 saturated heterocycles. The zero-order valence-corrected chi connectivity index (χ0v) is 12.0. The molecule has 1 aliphatic rings. The standard InChI is InChI=1S/C11H15BrN2O2S/c1-8(13)7-14-4-5-17(15,16)11-6-9(12)2-3-10(11)14/h2-3,6,8H,4-5,7,13H2,1H3. The van der Waals surface area contributed by atoms with E-state index in [0.717, 1.165) is 10.2 Å². The zero-order valence-electron chi connectivity index (χ0n) is 9.56. The molecule has 0 bridgehead atoms. The Labute approximate surface area is 110 Å². The molecule has 0 aromatic heterocycles. The fourth-order valence-electron chi connectivity index (χ4n) is 2.00. The van der Waals surface area contributed by atoms with Gasteiger partial charge in [0.2, 0.25) is 0 Å². The van der Waals surface area contributed by atoms with Gasteiger partial charge in [-0.25, -0.2) is 8.42 Å².